The molecule has 0 aliphatic rings. The number of rotatable bonds is 5. The van der Waals surface area contributed by atoms with Crippen molar-refractivity contribution >= 4 is 44.9 Å². The van der Waals surface area contributed by atoms with Crippen molar-refractivity contribution in [2.75, 3.05) is 5.32 Å². The van der Waals surface area contributed by atoms with Crippen molar-refractivity contribution in [2.45, 2.75) is 6.54 Å². The monoisotopic (exact) mass is 434 g/mol. The molecule has 7 nitrogen and oxygen atoms in total. The maximum atomic E-state index is 12.5. The van der Waals surface area contributed by atoms with Gasteiger partial charge in [0.1, 0.15) is 5.82 Å². The largest absolute Gasteiger partial charge is 0.307 e. The summed E-state index contributed by atoms with van der Waals surface area (Å²) in [7, 11) is 0. The van der Waals surface area contributed by atoms with Crippen molar-refractivity contribution in [2.24, 2.45) is 0 Å². The second-order valence-corrected chi connectivity index (χ2v) is 6.60. The van der Waals surface area contributed by atoms with Gasteiger partial charge in [0.15, 0.2) is 0 Å². The summed E-state index contributed by atoms with van der Waals surface area (Å²) in [5, 5.41) is 17.9. The van der Waals surface area contributed by atoms with Crippen LogP contribution in [0.4, 0.5) is 11.5 Å². The highest BCUT2D eigenvalue weighted by Gasteiger charge is 2.17. The molecular weight excluding hydrogens is 424 g/mol. The van der Waals surface area contributed by atoms with Crippen molar-refractivity contribution in [3.63, 3.8) is 0 Å². The van der Waals surface area contributed by atoms with E-state index in [-0.39, 0.29) is 16.3 Å². The fourth-order valence-electron chi connectivity index (χ4n) is 2.34. The molecule has 1 aromatic heterocycles. The Morgan fingerprint density at radius 2 is 2.04 bits per heavy atom. The summed E-state index contributed by atoms with van der Waals surface area (Å²) in [5.74, 6) is -0.0964. The fourth-order valence-corrected chi connectivity index (χ4v) is 2.95. The van der Waals surface area contributed by atoms with Gasteiger partial charge in [-0.05, 0) is 17.7 Å². The van der Waals surface area contributed by atoms with Crippen LogP contribution in [0, 0.1) is 10.1 Å². The molecule has 0 saturated heterocycles. The van der Waals surface area contributed by atoms with Gasteiger partial charge in [-0.3, -0.25) is 14.9 Å². The third kappa shape index (κ3) is 3.92. The van der Waals surface area contributed by atoms with Crippen LogP contribution in [0.5, 0.6) is 0 Å². The van der Waals surface area contributed by atoms with E-state index in [9.17, 15) is 14.9 Å². The van der Waals surface area contributed by atoms with Gasteiger partial charge in [-0.1, -0.05) is 45.7 Å². The lowest BCUT2D eigenvalue weighted by Crippen LogP contribution is -2.17. The Balaban J connectivity index is 1.83. The number of amides is 1. The first-order valence-electron chi connectivity index (χ1n) is 7.46. The minimum absolute atomic E-state index is 0.0227. The number of anilines is 1. The molecule has 9 heteroatoms. The van der Waals surface area contributed by atoms with Gasteiger partial charge in [-0.15, -0.1) is 0 Å². The zero-order valence-electron chi connectivity index (χ0n) is 13.2. The van der Waals surface area contributed by atoms with Crippen LogP contribution in [0.15, 0.2) is 59.2 Å². The Kier molecular flexibility index (Phi) is 5.34. The van der Waals surface area contributed by atoms with Gasteiger partial charge in [0.2, 0.25) is 0 Å². The molecule has 0 spiro atoms. The van der Waals surface area contributed by atoms with Crippen LogP contribution in [-0.2, 0) is 6.54 Å². The number of halogens is 2. The van der Waals surface area contributed by atoms with Crippen molar-refractivity contribution in [1.82, 2.24) is 9.78 Å². The van der Waals surface area contributed by atoms with E-state index in [1.165, 1.54) is 12.1 Å². The van der Waals surface area contributed by atoms with Crippen LogP contribution in [-0.4, -0.2) is 20.6 Å². The molecule has 0 radical (unpaired) electrons. The van der Waals surface area contributed by atoms with Crippen LogP contribution in [0.2, 0.25) is 5.02 Å². The average molecular weight is 436 g/mol. The normalized spacial score (nSPS) is 10.5. The van der Waals surface area contributed by atoms with E-state index in [2.05, 4.69) is 26.3 Å². The lowest BCUT2D eigenvalue weighted by atomic mass is 10.2. The van der Waals surface area contributed by atoms with Crippen molar-refractivity contribution in [3.8, 4) is 0 Å². The molecule has 0 bridgehead atoms. The third-order valence-electron chi connectivity index (χ3n) is 3.64. The van der Waals surface area contributed by atoms with E-state index in [0.717, 1.165) is 16.1 Å². The number of nitrogens with one attached hydrogen (secondary N) is 1. The zero-order valence-corrected chi connectivity index (χ0v) is 15.6. The molecule has 3 rings (SSSR count). The first kappa shape index (κ1) is 18.1. The van der Waals surface area contributed by atoms with Gasteiger partial charge in [-0.25, -0.2) is 4.68 Å². The second-order valence-electron chi connectivity index (χ2n) is 5.34. The summed E-state index contributed by atoms with van der Waals surface area (Å²) in [6.07, 6.45) is 1.56. The number of nitrogens with zero attached hydrogens (tertiary/aromatic N) is 3. The van der Waals surface area contributed by atoms with Crippen molar-refractivity contribution in [3.05, 3.63) is 85.5 Å². The molecule has 1 amide bonds. The Labute approximate surface area is 161 Å². The average Bonchev–Trinajstić information content (AvgIpc) is 3.03. The number of carbonyl (C=O) groups is 1. The van der Waals surface area contributed by atoms with E-state index < -0.39 is 10.8 Å². The Hall–Kier alpha value is -2.71. The van der Waals surface area contributed by atoms with E-state index in [4.69, 9.17) is 11.6 Å². The molecule has 2 aromatic carbocycles. The number of benzene rings is 2. The zero-order chi connectivity index (χ0) is 18.7. The molecule has 0 aliphatic heterocycles. The lowest BCUT2D eigenvalue weighted by Gasteiger charge is -2.11. The molecule has 26 heavy (non-hydrogen) atoms. The number of hydrogen-bond donors (Lipinski definition) is 1. The first-order chi connectivity index (χ1) is 12.5. The smallest absolute Gasteiger partial charge is 0.270 e. The summed E-state index contributed by atoms with van der Waals surface area (Å²) >= 11 is 9.49. The Morgan fingerprint density at radius 3 is 2.77 bits per heavy atom. The quantitative estimate of drug-likeness (QED) is 0.472. The molecule has 1 heterocycles. The van der Waals surface area contributed by atoms with Gasteiger partial charge >= 0.3 is 0 Å². The summed E-state index contributed by atoms with van der Waals surface area (Å²) in [4.78, 5) is 22.8. The van der Waals surface area contributed by atoms with Gasteiger partial charge in [0.25, 0.3) is 11.6 Å². The van der Waals surface area contributed by atoms with Crippen LogP contribution < -0.4 is 5.32 Å². The van der Waals surface area contributed by atoms with E-state index in [0.29, 0.717) is 12.4 Å². The number of nitro groups is 1. The van der Waals surface area contributed by atoms with E-state index >= 15 is 0 Å². The number of nitro benzene ring substituents is 1. The standard InChI is InChI=1S/C17H12BrClN4O3/c18-14-4-2-1-3-11(14)10-22-16(7-8-20-22)21-17(24)13-9-12(23(25)26)5-6-15(13)19/h1-9H,10H2,(H,21,24). The van der Waals surface area contributed by atoms with Crippen LogP contribution in [0.3, 0.4) is 0 Å². The summed E-state index contributed by atoms with van der Waals surface area (Å²) < 4.78 is 2.54. The maximum absolute atomic E-state index is 12.5. The third-order valence-corrected chi connectivity index (χ3v) is 4.74. The van der Waals surface area contributed by atoms with E-state index in [1.807, 2.05) is 24.3 Å². The van der Waals surface area contributed by atoms with Crippen molar-refractivity contribution in [1.29, 1.82) is 0 Å². The van der Waals surface area contributed by atoms with E-state index in [1.54, 1.807) is 16.9 Å². The first-order valence-corrected chi connectivity index (χ1v) is 8.63. The predicted octanol–water partition coefficient (Wildman–Crippen LogP) is 4.51. The molecule has 132 valence electrons. The highest BCUT2D eigenvalue weighted by Crippen LogP contribution is 2.24. The topological polar surface area (TPSA) is 90.1 Å². The SMILES string of the molecule is O=C(Nc1ccnn1Cc1ccccc1Br)c1cc([N+](=O)[O-])ccc1Cl. The van der Waals surface area contributed by atoms with Crippen LogP contribution in [0.25, 0.3) is 0 Å². The van der Waals surface area contributed by atoms with Crippen LogP contribution >= 0.6 is 27.5 Å². The molecule has 0 atom stereocenters. The van der Waals surface area contributed by atoms with Gasteiger partial charge in [0, 0.05) is 22.7 Å². The number of carbonyl (C=O) groups excluding carboxylic acids is 1. The highest BCUT2D eigenvalue weighted by molar-refractivity contribution is 9.10. The van der Waals surface area contributed by atoms with Gasteiger partial charge in [-0.2, -0.15) is 5.10 Å². The second kappa shape index (κ2) is 7.67. The number of hydrogen-bond acceptors (Lipinski definition) is 4. The summed E-state index contributed by atoms with van der Waals surface area (Å²) in [5.41, 5.74) is 0.802. The molecule has 3 aromatic rings. The molecule has 0 saturated carbocycles. The minimum Gasteiger partial charge on any atom is -0.307 e. The van der Waals surface area contributed by atoms with Gasteiger partial charge in [0.05, 0.1) is 28.3 Å². The maximum Gasteiger partial charge on any atom is 0.270 e. The summed E-state index contributed by atoms with van der Waals surface area (Å²) in [6.45, 7) is 0.437. The molecule has 0 aliphatic carbocycles. The molecular formula is C17H12BrClN4O3. The summed E-state index contributed by atoms with van der Waals surface area (Å²) in [6, 6.07) is 13.0. The van der Waals surface area contributed by atoms with Crippen molar-refractivity contribution < 1.29 is 9.72 Å². The molecule has 0 unspecified atom stereocenters. The van der Waals surface area contributed by atoms with Crippen LogP contribution in [0.1, 0.15) is 15.9 Å². The highest BCUT2D eigenvalue weighted by atomic mass is 79.9. The Bertz CT molecular complexity index is 990. The minimum atomic E-state index is -0.579. The fraction of sp³-hybridized carbons (Fsp3) is 0.0588. The predicted molar refractivity (Wildman–Crippen MR) is 102 cm³/mol. The molecule has 1 N–H and O–H groups in total. The lowest BCUT2D eigenvalue weighted by molar-refractivity contribution is -0.384. The number of aromatic nitrogens is 2. The molecule has 0 fully saturated rings. The number of non-ortho nitro benzene ring substituents is 1. The van der Waals surface area contributed by atoms with Gasteiger partial charge < -0.3 is 5.32 Å². The Morgan fingerprint density at radius 1 is 1.27 bits per heavy atom.